The van der Waals surface area contributed by atoms with Crippen LogP contribution in [-0.4, -0.2) is 11.3 Å². The summed E-state index contributed by atoms with van der Waals surface area (Å²) in [5.41, 5.74) is 1.93. The molecule has 2 aliphatic carbocycles. The Morgan fingerprint density at radius 3 is 1.64 bits per heavy atom. The largest absolute Gasteiger partial charge is 0.0958 e. The van der Waals surface area contributed by atoms with Crippen LogP contribution < -0.4 is 0 Å². The molecule has 0 aromatic heterocycles. The summed E-state index contributed by atoms with van der Waals surface area (Å²) in [5.74, 6) is 2.11. The van der Waals surface area contributed by atoms with Gasteiger partial charge in [0.2, 0.25) is 0 Å². The Balaban J connectivity index is 1.83. The summed E-state index contributed by atoms with van der Waals surface area (Å²) in [5, 5.41) is 0. The summed E-state index contributed by atoms with van der Waals surface area (Å²) < 4.78 is 0. The minimum Gasteiger partial charge on any atom is -0.0958 e. The van der Waals surface area contributed by atoms with E-state index < -0.39 is 0 Å². The highest BCUT2D eigenvalue weighted by atomic mass is 35.7. The van der Waals surface area contributed by atoms with Gasteiger partial charge in [-0.2, -0.15) is 0 Å². The zero-order valence-electron chi connectivity index (χ0n) is 8.79. The van der Waals surface area contributed by atoms with Crippen LogP contribution in [0, 0.1) is 11.8 Å². The van der Waals surface area contributed by atoms with Crippen LogP contribution in [-0.2, 0) is 0 Å². The molecule has 14 heavy (non-hydrogen) atoms. The second-order valence-electron chi connectivity index (χ2n) is 5.38. The van der Waals surface area contributed by atoms with E-state index in [0.717, 1.165) is 23.2 Å². The second-order valence-corrected chi connectivity index (χ2v) is 8.56. The van der Waals surface area contributed by atoms with Crippen LogP contribution in [0.25, 0.3) is 0 Å². The Bertz CT molecular complexity index is 196. The summed E-state index contributed by atoms with van der Waals surface area (Å²) in [6.45, 7) is 0. The fourth-order valence-electron chi connectivity index (χ4n) is 4.14. The zero-order valence-corrected chi connectivity index (χ0v) is 10.4. The van der Waals surface area contributed by atoms with E-state index in [1.54, 1.807) is 0 Å². The van der Waals surface area contributed by atoms with Crippen molar-refractivity contribution < 1.29 is 0 Å². The van der Waals surface area contributed by atoms with Crippen LogP contribution in [0.1, 0.15) is 51.4 Å². The lowest BCUT2D eigenvalue weighted by molar-refractivity contribution is 0.231. The molecule has 1 saturated heterocycles. The molecule has 0 aromatic rings. The van der Waals surface area contributed by atoms with Crippen molar-refractivity contribution in [3.8, 4) is 0 Å². The molecule has 0 radical (unpaired) electrons. The quantitative estimate of drug-likeness (QED) is 0.527. The van der Waals surface area contributed by atoms with E-state index >= 15 is 0 Å². The summed E-state index contributed by atoms with van der Waals surface area (Å²) in [7, 11) is -0.108. The Morgan fingerprint density at radius 2 is 1.14 bits per heavy atom. The molecule has 0 nitrogen and oxygen atoms in total. The fourth-order valence-corrected chi connectivity index (χ4v) is 8.41. The van der Waals surface area contributed by atoms with E-state index in [1.807, 2.05) is 0 Å². The summed E-state index contributed by atoms with van der Waals surface area (Å²) in [4.78, 5) is 0. The standard InChI is InChI=1S/C12H20ClP/c13-14-11-7-3-1-5-9(11)10-6-2-4-8-12(10)14/h9-12H,1-8H2. The first-order valence-corrected chi connectivity index (χ1v) is 8.70. The third-order valence-corrected chi connectivity index (χ3v) is 8.80. The van der Waals surface area contributed by atoms with Gasteiger partial charge in [0, 0.05) is 0 Å². The second kappa shape index (κ2) is 3.95. The highest BCUT2D eigenvalue weighted by Crippen LogP contribution is 2.70. The molecule has 3 aliphatic rings. The molecule has 0 amide bonds. The molecule has 1 heterocycles. The van der Waals surface area contributed by atoms with Crippen LogP contribution in [0.15, 0.2) is 0 Å². The van der Waals surface area contributed by atoms with Crippen LogP contribution in [0.3, 0.4) is 0 Å². The molecule has 2 heteroatoms. The molecule has 2 saturated carbocycles. The van der Waals surface area contributed by atoms with Gasteiger partial charge in [-0.15, -0.1) is 0 Å². The van der Waals surface area contributed by atoms with Crippen LogP contribution in [0.5, 0.6) is 0 Å². The molecular weight excluding hydrogens is 211 g/mol. The lowest BCUT2D eigenvalue weighted by Crippen LogP contribution is -2.26. The van der Waals surface area contributed by atoms with Crippen molar-refractivity contribution in [3.05, 3.63) is 0 Å². The average molecular weight is 231 g/mol. The molecule has 4 unspecified atom stereocenters. The molecule has 0 N–H and O–H groups in total. The third-order valence-electron chi connectivity index (χ3n) is 4.75. The van der Waals surface area contributed by atoms with E-state index in [0.29, 0.717) is 0 Å². The number of hydrogen-bond acceptors (Lipinski definition) is 0. The number of halogens is 1. The highest BCUT2D eigenvalue weighted by molar-refractivity contribution is 7.85. The van der Waals surface area contributed by atoms with E-state index in [4.69, 9.17) is 11.2 Å². The molecule has 0 spiro atoms. The van der Waals surface area contributed by atoms with Crippen molar-refractivity contribution in [3.63, 3.8) is 0 Å². The summed E-state index contributed by atoms with van der Waals surface area (Å²) >= 11 is 6.72. The van der Waals surface area contributed by atoms with Gasteiger partial charge < -0.3 is 0 Å². The smallest absolute Gasteiger partial charge is 0.00281 e. The maximum absolute atomic E-state index is 6.72. The first kappa shape index (κ1) is 9.91. The van der Waals surface area contributed by atoms with Crippen LogP contribution >= 0.6 is 18.5 Å². The molecule has 3 fully saturated rings. The number of fused-ring (bicyclic) bond motifs is 3. The third kappa shape index (κ3) is 1.45. The first-order chi connectivity index (χ1) is 6.88. The maximum atomic E-state index is 6.72. The lowest BCUT2D eigenvalue weighted by atomic mass is 9.73. The van der Waals surface area contributed by atoms with Crippen molar-refractivity contribution in [2.45, 2.75) is 62.7 Å². The topological polar surface area (TPSA) is 0 Å². The molecule has 80 valence electrons. The van der Waals surface area contributed by atoms with E-state index in [1.165, 1.54) is 51.4 Å². The SMILES string of the molecule is ClP1C2CCCCC2C2CCCCC21. The normalized spacial score (nSPS) is 52.5. The van der Waals surface area contributed by atoms with Crippen LogP contribution in [0.4, 0.5) is 0 Å². The fraction of sp³-hybridized carbons (Fsp3) is 1.00. The average Bonchev–Trinajstić information content (AvgIpc) is 2.55. The van der Waals surface area contributed by atoms with E-state index in [2.05, 4.69) is 0 Å². The Hall–Kier alpha value is 0.720. The lowest BCUT2D eigenvalue weighted by Gasteiger charge is -2.31. The Morgan fingerprint density at radius 1 is 0.714 bits per heavy atom. The highest BCUT2D eigenvalue weighted by Gasteiger charge is 2.50. The van der Waals surface area contributed by atoms with Crippen molar-refractivity contribution in [2.24, 2.45) is 11.8 Å². The molecule has 1 aliphatic heterocycles. The Kier molecular flexibility index (Phi) is 2.79. The van der Waals surface area contributed by atoms with Crippen molar-refractivity contribution in [2.75, 3.05) is 0 Å². The minimum atomic E-state index is -0.108. The van der Waals surface area contributed by atoms with Crippen molar-refractivity contribution in [1.29, 1.82) is 0 Å². The van der Waals surface area contributed by atoms with Gasteiger partial charge >= 0.3 is 0 Å². The molecule has 3 rings (SSSR count). The zero-order chi connectivity index (χ0) is 9.54. The van der Waals surface area contributed by atoms with Gasteiger partial charge in [-0.1, -0.05) is 36.9 Å². The van der Waals surface area contributed by atoms with Crippen molar-refractivity contribution in [1.82, 2.24) is 0 Å². The van der Waals surface area contributed by atoms with Gasteiger partial charge in [-0.25, -0.2) is 0 Å². The molecule has 0 bridgehead atoms. The maximum Gasteiger partial charge on any atom is -0.00281 e. The van der Waals surface area contributed by atoms with Gasteiger partial charge in [0.25, 0.3) is 0 Å². The van der Waals surface area contributed by atoms with Gasteiger partial charge in [-0.05, 0) is 56.1 Å². The van der Waals surface area contributed by atoms with Crippen LogP contribution in [0.2, 0.25) is 0 Å². The minimum absolute atomic E-state index is 0.108. The molecule has 4 atom stereocenters. The Labute approximate surface area is 93.3 Å². The van der Waals surface area contributed by atoms with Gasteiger partial charge in [-0.3, -0.25) is 0 Å². The monoisotopic (exact) mass is 230 g/mol. The van der Waals surface area contributed by atoms with Crippen molar-refractivity contribution >= 4 is 18.5 Å². The molecular formula is C12H20ClP. The van der Waals surface area contributed by atoms with E-state index in [9.17, 15) is 0 Å². The number of rotatable bonds is 0. The van der Waals surface area contributed by atoms with E-state index in [-0.39, 0.29) is 7.27 Å². The number of hydrogen-bond donors (Lipinski definition) is 0. The first-order valence-electron chi connectivity index (χ1n) is 6.32. The molecule has 0 aromatic carbocycles. The van der Waals surface area contributed by atoms with Gasteiger partial charge in [0.05, 0.1) is 0 Å². The van der Waals surface area contributed by atoms with Gasteiger partial charge in [0.15, 0.2) is 0 Å². The summed E-state index contributed by atoms with van der Waals surface area (Å²) in [6, 6.07) is 0. The predicted octanol–water partition coefficient (Wildman–Crippen LogP) is 4.75. The predicted molar refractivity (Wildman–Crippen MR) is 64.3 cm³/mol. The summed E-state index contributed by atoms with van der Waals surface area (Å²) in [6.07, 6.45) is 11.9. The van der Waals surface area contributed by atoms with Gasteiger partial charge in [0.1, 0.15) is 0 Å².